The van der Waals surface area contributed by atoms with Crippen LogP contribution in [0, 0.1) is 23.2 Å². The van der Waals surface area contributed by atoms with Gasteiger partial charge in [-0.05, 0) is 30.2 Å². The lowest BCUT2D eigenvalue weighted by Gasteiger charge is -2.35. The predicted molar refractivity (Wildman–Crippen MR) is 176 cm³/mol. The number of hydrogen-bond donors (Lipinski definition) is 5. The molecule has 1 aliphatic carbocycles. The SMILES string of the molecule is CCC(CC)[C@H](O)[C@H](O)[C@H](CC1CCCCC1)NC(=O)C(Cc1cnc[nH]1)NC(=O)[C@@H](CC(=O)C(C)(C)C)Cc1ccccc1. The Balaban J connectivity index is 1.86. The van der Waals surface area contributed by atoms with E-state index in [2.05, 4.69) is 20.6 Å². The summed E-state index contributed by atoms with van der Waals surface area (Å²) in [6.07, 6.45) is 9.04. The van der Waals surface area contributed by atoms with Gasteiger partial charge in [0.1, 0.15) is 17.9 Å². The van der Waals surface area contributed by atoms with Crippen LogP contribution in [0.4, 0.5) is 0 Å². The van der Waals surface area contributed by atoms with Gasteiger partial charge in [0.05, 0.1) is 18.5 Å². The van der Waals surface area contributed by atoms with E-state index in [1.54, 1.807) is 6.20 Å². The van der Waals surface area contributed by atoms with Crippen molar-refractivity contribution in [1.82, 2.24) is 20.6 Å². The number of aliphatic hydroxyl groups excluding tert-OH is 2. The minimum atomic E-state index is -1.14. The molecule has 1 aromatic carbocycles. The van der Waals surface area contributed by atoms with Gasteiger partial charge in [0.15, 0.2) is 0 Å². The molecule has 5 atom stereocenters. The largest absolute Gasteiger partial charge is 0.390 e. The number of nitrogens with one attached hydrogen (secondary N) is 3. The van der Waals surface area contributed by atoms with Crippen molar-refractivity contribution >= 4 is 17.6 Å². The average molecular weight is 625 g/mol. The number of hydrogen-bond acceptors (Lipinski definition) is 6. The van der Waals surface area contributed by atoms with E-state index >= 15 is 0 Å². The van der Waals surface area contributed by atoms with Gasteiger partial charge in [-0.25, -0.2) is 4.98 Å². The second-order valence-corrected chi connectivity index (χ2v) is 14.0. The molecule has 5 N–H and O–H groups in total. The fraction of sp³-hybridized carbons (Fsp3) is 0.667. The molecule has 0 saturated heterocycles. The van der Waals surface area contributed by atoms with E-state index in [0.717, 1.165) is 31.2 Å². The number of aromatic nitrogens is 2. The van der Waals surface area contributed by atoms with Crippen LogP contribution in [0.15, 0.2) is 42.9 Å². The number of amides is 2. The summed E-state index contributed by atoms with van der Waals surface area (Å²) in [4.78, 5) is 48.1. The number of carbonyl (C=O) groups is 3. The first kappa shape index (κ1) is 36.4. The number of Topliss-reactive ketones (excluding diaryl/α,β-unsaturated/α-hetero) is 1. The van der Waals surface area contributed by atoms with Crippen molar-refractivity contribution in [2.45, 2.75) is 130 Å². The highest BCUT2D eigenvalue weighted by molar-refractivity contribution is 5.92. The Morgan fingerprint density at radius 3 is 2.18 bits per heavy atom. The van der Waals surface area contributed by atoms with E-state index in [1.165, 1.54) is 12.7 Å². The molecule has 2 aromatic rings. The van der Waals surface area contributed by atoms with Crippen molar-refractivity contribution < 1.29 is 24.6 Å². The van der Waals surface area contributed by atoms with Crippen molar-refractivity contribution in [2.24, 2.45) is 23.2 Å². The van der Waals surface area contributed by atoms with Crippen molar-refractivity contribution in [3.63, 3.8) is 0 Å². The van der Waals surface area contributed by atoms with Crippen molar-refractivity contribution in [3.8, 4) is 0 Å². The molecule has 9 nitrogen and oxygen atoms in total. The third kappa shape index (κ3) is 11.4. The Bertz CT molecular complexity index is 1170. The molecule has 9 heteroatoms. The first-order chi connectivity index (χ1) is 21.4. The van der Waals surface area contributed by atoms with E-state index in [1.807, 2.05) is 65.0 Å². The molecule has 45 heavy (non-hydrogen) atoms. The Morgan fingerprint density at radius 1 is 0.933 bits per heavy atom. The summed E-state index contributed by atoms with van der Waals surface area (Å²) in [5.74, 6) is -1.26. The van der Waals surface area contributed by atoms with Crippen LogP contribution in [0.3, 0.4) is 0 Å². The second kappa shape index (κ2) is 17.6. The van der Waals surface area contributed by atoms with E-state index in [9.17, 15) is 24.6 Å². The summed E-state index contributed by atoms with van der Waals surface area (Å²) in [6.45, 7) is 9.51. The number of aromatic amines is 1. The molecule has 2 amide bonds. The molecule has 1 unspecified atom stereocenters. The fourth-order valence-electron chi connectivity index (χ4n) is 6.44. The number of benzene rings is 1. The Hall–Kier alpha value is -3.04. The number of nitrogens with zero attached hydrogens (tertiary/aromatic N) is 1. The maximum atomic E-state index is 14.0. The molecule has 1 heterocycles. The van der Waals surface area contributed by atoms with Gasteiger partial charge in [0, 0.05) is 36.1 Å². The molecule has 0 aliphatic heterocycles. The van der Waals surface area contributed by atoms with E-state index in [-0.39, 0.29) is 30.4 Å². The number of rotatable bonds is 17. The van der Waals surface area contributed by atoms with Crippen LogP contribution in [0.25, 0.3) is 0 Å². The first-order valence-electron chi connectivity index (χ1n) is 16.9. The van der Waals surface area contributed by atoms with Crippen LogP contribution >= 0.6 is 0 Å². The van der Waals surface area contributed by atoms with Gasteiger partial charge in [0.25, 0.3) is 0 Å². The maximum Gasteiger partial charge on any atom is 0.243 e. The molecule has 1 aliphatic rings. The molecule has 1 saturated carbocycles. The maximum absolute atomic E-state index is 14.0. The molecular weight excluding hydrogens is 568 g/mol. The Kier molecular flexibility index (Phi) is 14.2. The van der Waals surface area contributed by atoms with Gasteiger partial charge in [-0.3, -0.25) is 14.4 Å². The smallest absolute Gasteiger partial charge is 0.243 e. The van der Waals surface area contributed by atoms with E-state index in [4.69, 9.17) is 0 Å². The van der Waals surface area contributed by atoms with Gasteiger partial charge in [-0.2, -0.15) is 0 Å². The van der Waals surface area contributed by atoms with Gasteiger partial charge in [-0.1, -0.05) is 110 Å². The van der Waals surface area contributed by atoms with Crippen LogP contribution < -0.4 is 10.6 Å². The molecular formula is C36H56N4O5. The second-order valence-electron chi connectivity index (χ2n) is 14.0. The average Bonchev–Trinajstić information content (AvgIpc) is 3.54. The van der Waals surface area contributed by atoms with Crippen LogP contribution in [-0.2, 0) is 27.2 Å². The standard InChI is InChI=1S/C36H56N4O5/c1-6-26(7-2)32(42)33(43)29(19-25-16-12-9-13-17-25)39-35(45)30(21-28-22-37-23-38-28)40-34(44)27(20-31(41)36(3,4)5)18-24-14-10-8-11-15-24/h8,10-11,14-15,22-23,25-27,29-30,32-33,42-43H,6-7,9,12-13,16-21H2,1-5H3,(H,37,38)(H,39,45)(H,40,44)/t27-,29+,30?,32+,33-/m1/s1. The Morgan fingerprint density at radius 2 is 1.60 bits per heavy atom. The summed E-state index contributed by atoms with van der Waals surface area (Å²) < 4.78 is 0. The van der Waals surface area contributed by atoms with E-state index < -0.39 is 41.5 Å². The molecule has 0 spiro atoms. The molecule has 1 aromatic heterocycles. The monoisotopic (exact) mass is 624 g/mol. The summed E-state index contributed by atoms with van der Waals surface area (Å²) in [5, 5.41) is 28.6. The molecule has 0 radical (unpaired) electrons. The number of carbonyl (C=O) groups excluding carboxylic acids is 3. The lowest BCUT2D eigenvalue weighted by molar-refractivity contribution is -0.135. The van der Waals surface area contributed by atoms with Gasteiger partial charge >= 0.3 is 0 Å². The van der Waals surface area contributed by atoms with Crippen LogP contribution in [-0.4, -0.2) is 62.1 Å². The summed E-state index contributed by atoms with van der Waals surface area (Å²) in [5.41, 5.74) is 0.988. The minimum Gasteiger partial charge on any atom is -0.390 e. The highest BCUT2D eigenvalue weighted by Gasteiger charge is 2.36. The number of H-pyrrole nitrogens is 1. The minimum absolute atomic E-state index is 0.0285. The zero-order valence-electron chi connectivity index (χ0n) is 27.9. The highest BCUT2D eigenvalue weighted by atomic mass is 16.3. The predicted octanol–water partition coefficient (Wildman–Crippen LogP) is 4.91. The lowest BCUT2D eigenvalue weighted by Crippen LogP contribution is -2.57. The quantitative estimate of drug-likeness (QED) is 0.169. The number of imidazole rings is 1. The van der Waals surface area contributed by atoms with Crippen molar-refractivity contribution in [1.29, 1.82) is 0 Å². The van der Waals surface area contributed by atoms with Crippen molar-refractivity contribution in [3.05, 3.63) is 54.1 Å². The molecule has 250 valence electrons. The zero-order valence-corrected chi connectivity index (χ0v) is 27.9. The van der Waals surface area contributed by atoms with E-state index in [0.29, 0.717) is 37.3 Å². The van der Waals surface area contributed by atoms with Crippen molar-refractivity contribution in [2.75, 3.05) is 0 Å². The summed E-state index contributed by atoms with van der Waals surface area (Å²) >= 11 is 0. The molecule has 1 fully saturated rings. The Labute approximate surface area is 269 Å². The summed E-state index contributed by atoms with van der Waals surface area (Å²) in [6, 6.07) is 7.92. The first-order valence-corrected chi connectivity index (χ1v) is 16.9. The van der Waals surface area contributed by atoms with Crippen LogP contribution in [0.5, 0.6) is 0 Å². The number of aliphatic hydroxyl groups is 2. The fourth-order valence-corrected chi connectivity index (χ4v) is 6.44. The van der Waals surface area contributed by atoms with Crippen LogP contribution in [0.1, 0.15) is 104 Å². The van der Waals surface area contributed by atoms with Gasteiger partial charge in [-0.15, -0.1) is 0 Å². The normalized spacial score (nSPS) is 17.7. The topological polar surface area (TPSA) is 144 Å². The van der Waals surface area contributed by atoms with Gasteiger partial charge < -0.3 is 25.8 Å². The molecule has 3 rings (SSSR count). The highest BCUT2D eigenvalue weighted by Crippen LogP contribution is 2.30. The van der Waals surface area contributed by atoms with Gasteiger partial charge in [0.2, 0.25) is 11.8 Å². The number of ketones is 1. The third-order valence-electron chi connectivity index (χ3n) is 9.51. The molecule has 0 bridgehead atoms. The lowest BCUT2D eigenvalue weighted by atomic mass is 9.81. The third-order valence-corrected chi connectivity index (χ3v) is 9.51. The summed E-state index contributed by atoms with van der Waals surface area (Å²) in [7, 11) is 0. The zero-order chi connectivity index (χ0) is 33.0. The van der Waals surface area contributed by atoms with Crippen LogP contribution in [0.2, 0.25) is 0 Å².